The summed E-state index contributed by atoms with van der Waals surface area (Å²) in [5.41, 5.74) is 5.76. The third kappa shape index (κ3) is 7.35. The quantitative estimate of drug-likeness (QED) is 0.295. The SMILES string of the molecule is CN=C(NCCCCN1CCC(C(N)=O)CC1)NCC1(N2CCCCC2)CCCCC1. The first-order valence-electron chi connectivity index (χ1n) is 12.8. The Morgan fingerprint density at radius 3 is 2.29 bits per heavy atom. The lowest BCUT2D eigenvalue weighted by molar-refractivity contribution is -0.123. The predicted molar refractivity (Wildman–Crippen MR) is 128 cm³/mol. The molecule has 0 bridgehead atoms. The van der Waals surface area contributed by atoms with Gasteiger partial charge in [0.25, 0.3) is 0 Å². The topological polar surface area (TPSA) is 86.0 Å². The third-order valence-corrected chi connectivity index (χ3v) is 7.80. The van der Waals surface area contributed by atoms with E-state index in [0.717, 1.165) is 57.9 Å². The van der Waals surface area contributed by atoms with E-state index in [1.165, 1.54) is 70.9 Å². The number of nitrogens with two attached hydrogens (primary N) is 1. The van der Waals surface area contributed by atoms with E-state index in [0.29, 0.717) is 5.54 Å². The molecule has 0 aromatic rings. The molecule has 7 nitrogen and oxygen atoms in total. The van der Waals surface area contributed by atoms with Crippen molar-refractivity contribution in [2.75, 3.05) is 52.9 Å². The first-order chi connectivity index (χ1) is 15.1. The molecule has 3 fully saturated rings. The highest BCUT2D eigenvalue weighted by molar-refractivity contribution is 5.79. The first-order valence-corrected chi connectivity index (χ1v) is 12.8. The van der Waals surface area contributed by atoms with Crippen LogP contribution in [-0.4, -0.2) is 80.1 Å². The molecule has 178 valence electrons. The minimum Gasteiger partial charge on any atom is -0.369 e. The molecule has 1 amide bonds. The summed E-state index contributed by atoms with van der Waals surface area (Å²) >= 11 is 0. The molecular formula is C24H46N6O. The fourth-order valence-corrected chi connectivity index (χ4v) is 5.76. The van der Waals surface area contributed by atoms with Crippen LogP contribution in [0.15, 0.2) is 4.99 Å². The van der Waals surface area contributed by atoms with E-state index < -0.39 is 0 Å². The molecule has 2 heterocycles. The Labute approximate surface area is 189 Å². The van der Waals surface area contributed by atoms with Gasteiger partial charge in [0.05, 0.1) is 0 Å². The van der Waals surface area contributed by atoms with Gasteiger partial charge in [0.2, 0.25) is 5.91 Å². The molecule has 31 heavy (non-hydrogen) atoms. The zero-order valence-electron chi connectivity index (χ0n) is 19.8. The van der Waals surface area contributed by atoms with E-state index >= 15 is 0 Å². The largest absolute Gasteiger partial charge is 0.369 e. The van der Waals surface area contributed by atoms with E-state index in [-0.39, 0.29) is 11.8 Å². The van der Waals surface area contributed by atoms with Crippen LogP contribution >= 0.6 is 0 Å². The van der Waals surface area contributed by atoms with Crippen LogP contribution in [0.4, 0.5) is 0 Å². The lowest BCUT2D eigenvalue weighted by Gasteiger charge is -2.48. The molecule has 0 atom stereocenters. The number of guanidine groups is 1. The number of hydrogen-bond donors (Lipinski definition) is 3. The minimum absolute atomic E-state index is 0.0877. The van der Waals surface area contributed by atoms with Gasteiger partial charge in [0, 0.05) is 31.6 Å². The lowest BCUT2D eigenvalue weighted by atomic mass is 9.79. The highest BCUT2D eigenvalue weighted by atomic mass is 16.1. The Hall–Kier alpha value is -1.34. The van der Waals surface area contributed by atoms with Gasteiger partial charge in [0.1, 0.15) is 0 Å². The van der Waals surface area contributed by atoms with Crippen LogP contribution in [0.2, 0.25) is 0 Å². The van der Waals surface area contributed by atoms with Crippen molar-refractivity contribution in [3.8, 4) is 0 Å². The second kappa shape index (κ2) is 12.6. The van der Waals surface area contributed by atoms with Gasteiger partial charge in [-0.15, -0.1) is 0 Å². The van der Waals surface area contributed by atoms with Gasteiger partial charge in [-0.2, -0.15) is 0 Å². The number of carbonyl (C=O) groups is 1. The Kier molecular flexibility index (Phi) is 9.91. The van der Waals surface area contributed by atoms with Crippen molar-refractivity contribution in [3.05, 3.63) is 0 Å². The molecule has 0 unspecified atom stereocenters. The van der Waals surface area contributed by atoms with E-state index in [1.807, 2.05) is 7.05 Å². The maximum Gasteiger partial charge on any atom is 0.220 e. The van der Waals surface area contributed by atoms with Crippen molar-refractivity contribution in [1.29, 1.82) is 0 Å². The molecule has 3 rings (SSSR count). The summed E-state index contributed by atoms with van der Waals surface area (Å²) in [6.45, 7) is 7.62. The van der Waals surface area contributed by atoms with Crippen molar-refractivity contribution in [2.24, 2.45) is 16.6 Å². The molecule has 2 saturated heterocycles. The number of unbranched alkanes of at least 4 members (excludes halogenated alkanes) is 1. The molecule has 0 radical (unpaired) electrons. The Balaban J connectivity index is 1.34. The fourth-order valence-electron chi connectivity index (χ4n) is 5.76. The second-order valence-corrected chi connectivity index (χ2v) is 9.91. The number of amides is 1. The van der Waals surface area contributed by atoms with Gasteiger partial charge in [-0.3, -0.25) is 14.7 Å². The number of piperidine rings is 2. The van der Waals surface area contributed by atoms with E-state index in [4.69, 9.17) is 5.73 Å². The summed E-state index contributed by atoms with van der Waals surface area (Å²) in [4.78, 5) is 21.0. The molecular weight excluding hydrogens is 388 g/mol. The summed E-state index contributed by atoms with van der Waals surface area (Å²) < 4.78 is 0. The molecule has 1 aliphatic carbocycles. The number of carbonyl (C=O) groups excluding carboxylic acids is 1. The zero-order valence-corrected chi connectivity index (χ0v) is 19.8. The zero-order chi connectivity index (χ0) is 21.9. The van der Waals surface area contributed by atoms with Gasteiger partial charge in [-0.05, 0) is 84.1 Å². The molecule has 0 aromatic carbocycles. The molecule has 2 aliphatic heterocycles. The van der Waals surface area contributed by atoms with Gasteiger partial charge < -0.3 is 21.3 Å². The predicted octanol–water partition coefficient (Wildman–Crippen LogP) is 2.32. The number of rotatable bonds is 9. The molecule has 0 spiro atoms. The van der Waals surface area contributed by atoms with Crippen LogP contribution in [0, 0.1) is 5.92 Å². The third-order valence-electron chi connectivity index (χ3n) is 7.80. The maximum absolute atomic E-state index is 11.3. The summed E-state index contributed by atoms with van der Waals surface area (Å²) in [5, 5.41) is 7.21. The van der Waals surface area contributed by atoms with Gasteiger partial charge >= 0.3 is 0 Å². The van der Waals surface area contributed by atoms with Crippen molar-refractivity contribution in [2.45, 2.75) is 82.6 Å². The summed E-state index contributed by atoms with van der Waals surface area (Å²) in [6.07, 6.45) is 15.0. The number of primary amides is 1. The van der Waals surface area contributed by atoms with E-state index in [2.05, 4.69) is 25.4 Å². The van der Waals surface area contributed by atoms with Gasteiger partial charge in [-0.25, -0.2) is 0 Å². The van der Waals surface area contributed by atoms with E-state index in [9.17, 15) is 4.79 Å². The number of aliphatic imine (C=N–C) groups is 1. The summed E-state index contributed by atoms with van der Waals surface area (Å²) in [7, 11) is 1.88. The number of likely N-dealkylation sites (tertiary alicyclic amines) is 2. The maximum atomic E-state index is 11.3. The number of nitrogens with one attached hydrogen (secondary N) is 2. The monoisotopic (exact) mass is 434 g/mol. The normalized spacial score (nSPS) is 24.1. The van der Waals surface area contributed by atoms with Gasteiger partial charge in [0.15, 0.2) is 5.96 Å². The molecule has 4 N–H and O–H groups in total. The first kappa shape index (κ1) is 24.3. The van der Waals surface area contributed by atoms with Crippen LogP contribution in [-0.2, 0) is 4.79 Å². The molecule has 0 aromatic heterocycles. The number of hydrogen-bond acceptors (Lipinski definition) is 4. The standard InChI is InChI=1S/C24H46N6O/c1-26-23(27-14-6-9-15-29-18-10-21(11-19-29)22(25)31)28-20-24(12-4-2-5-13-24)30-16-7-3-8-17-30/h21H,2-20H2,1H3,(H2,25,31)(H2,26,27,28). The van der Waals surface area contributed by atoms with Crippen molar-refractivity contribution in [1.82, 2.24) is 20.4 Å². The van der Waals surface area contributed by atoms with Crippen LogP contribution in [0.25, 0.3) is 0 Å². The smallest absolute Gasteiger partial charge is 0.220 e. The van der Waals surface area contributed by atoms with Crippen LogP contribution in [0.3, 0.4) is 0 Å². The Morgan fingerprint density at radius 1 is 0.968 bits per heavy atom. The Bertz CT molecular complexity index is 560. The van der Waals surface area contributed by atoms with Crippen LogP contribution in [0.1, 0.15) is 77.0 Å². The van der Waals surface area contributed by atoms with Crippen molar-refractivity contribution in [3.63, 3.8) is 0 Å². The fraction of sp³-hybridized carbons (Fsp3) is 0.917. The number of nitrogens with zero attached hydrogens (tertiary/aromatic N) is 3. The lowest BCUT2D eigenvalue weighted by Crippen LogP contribution is -2.59. The van der Waals surface area contributed by atoms with Crippen LogP contribution in [0.5, 0.6) is 0 Å². The summed E-state index contributed by atoms with van der Waals surface area (Å²) in [5.74, 6) is 0.909. The molecule has 3 aliphatic rings. The van der Waals surface area contributed by atoms with Crippen molar-refractivity contribution < 1.29 is 4.79 Å². The second-order valence-electron chi connectivity index (χ2n) is 9.91. The molecule has 1 saturated carbocycles. The molecule has 7 heteroatoms. The summed E-state index contributed by atoms with van der Waals surface area (Å²) in [6, 6.07) is 0. The van der Waals surface area contributed by atoms with Gasteiger partial charge in [-0.1, -0.05) is 25.7 Å². The highest BCUT2D eigenvalue weighted by Crippen LogP contribution is 2.35. The van der Waals surface area contributed by atoms with E-state index in [1.54, 1.807) is 0 Å². The average Bonchev–Trinajstić information content (AvgIpc) is 2.82. The average molecular weight is 435 g/mol. The Morgan fingerprint density at radius 2 is 1.65 bits per heavy atom. The van der Waals surface area contributed by atoms with Crippen molar-refractivity contribution >= 4 is 11.9 Å². The van der Waals surface area contributed by atoms with Crippen LogP contribution < -0.4 is 16.4 Å². The highest BCUT2D eigenvalue weighted by Gasteiger charge is 2.38. The minimum atomic E-state index is -0.127.